The standard InChI is InChI=1S/C4H4BrO/c5-3-1-2-4-6/h1-2H,3H2. The van der Waals surface area contributed by atoms with Crippen LogP contribution in [0.3, 0.4) is 0 Å². The number of alkyl halides is 1. The first-order valence-electron chi connectivity index (χ1n) is 1.50. The Morgan fingerprint density at radius 1 is 1.83 bits per heavy atom. The average Bonchev–Trinajstić information content (AvgIpc) is 1.61. The molecule has 0 amide bonds. The van der Waals surface area contributed by atoms with E-state index < -0.39 is 0 Å². The van der Waals surface area contributed by atoms with Crippen molar-refractivity contribution in [2.45, 2.75) is 0 Å². The lowest BCUT2D eigenvalue weighted by Gasteiger charge is -1.62. The molecule has 0 spiro atoms. The molecule has 0 N–H and O–H groups in total. The molecule has 0 aliphatic carbocycles. The molecule has 0 fully saturated rings. The van der Waals surface area contributed by atoms with Gasteiger partial charge in [0.25, 0.3) is 0 Å². The zero-order valence-electron chi connectivity index (χ0n) is 3.15. The first kappa shape index (κ1) is 5.89. The molecule has 1 radical (unpaired) electrons. The lowest BCUT2D eigenvalue weighted by molar-refractivity contribution is 0.564. The summed E-state index contributed by atoms with van der Waals surface area (Å²) in [7, 11) is 0. The second-order valence-corrected chi connectivity index (χ2v) is 1.32. The highest BCUT2D eigenvalue weighted by atomic mass is 79.9. The van der Waals surface area contributed by atoms with Crippen molar-refractivity contribution in [2.75, 3.05) is 5.33 Å². The molecule has 1 nitrogen and oxygen atoms in total. The van der Waals surface area contributed by atoms with Crippen molar-refractivity contribution in [2.24, 2.45) is 0 Å². The summed E-state index contributed by atoms with van der Waals surface area (Å²) in [5.74, 6) is 0. The van der Waals surface area contributed by atoms with Gasteiger partial charge in [-0.1, -0.05) is 22.0 Å². The molecular weight excluding hydrogens is 144 g/mol. The molecule has 0 aromatic carbocycles. The predicted octanol–water partition coefficient (Wildman–Crippen LogP) is 1.05. The highest BCUT2D eigenvalue weighted by molar-refractivity contribution is 9.09. The van der Waals surface area contributed by atoms with E-state index in [1.165, 1.54) is 6.08 Å². The largest absolute Gasteiger partial charge is 0.286 e. The Hall–Kier alpha value is -0.110. The summed E-state index contributed by atoms with van der Waals surface area (Å²) in [6.45, 7) is 0. The number of hydrogen-bond donors (Lipinski definition) is 0. The molecule has 0 aromatic rings. The van der Waals surface area contributed by atoms with Crippen LogP contribution in [0, 0.1) is 0 Å². The summed E-state index contributed by atoms with van der Waals surface area (Å²) in [5, 5.41) is 0.724. The van der Waals surface area contributed by atoms with E-state index in [0.29, 0.717) is 0 Å². The molecule has 6 heavy (non-hydrogen) atoms. The van der Waals surface area contributed by atoms with Gasteiger partial charge in [0.1, 0.15) is 0 Å². The molecule has 33 valence electrons. The van der Waals surface area contributed by atoms with E-state index in [4.69, 9.17) is 0 Å². The topological polar surface area (TPSA) is 17.1 Å². The number of rotatable bonds is 2. The monoisotopic (exact) mass is 147 g/mol. The normalized spacial score (nSPS) is 9.50. The Bertz CT molecular complexity index is 58.6. The molecule has 0 aliphatic rings. The molecule has 2 heteroatoms. The van der Waals surface area contributed by atoms with Gasteiger partial charge in [0.2, 0.25) is 6.29 Å². The molecule has 0 heterocycles. The number of hydrogen-bond acceptors (Lipinski definition) is 1. The molecule has 0 saturated carbocycles. The second-order valence-electron chi connectivity index (χ2n) is 0.675. The van der Waals surface area contributed by atoms with Gasteiger partial charge in [0.05, 0.1) is 0 Å². The SMILES string of the molecule is O=[C]C=CCBr. The lowest BCUT2D eigenvalue weighted by Crippen LogP contribution is -1.58. The number of carbonyl (C=O) groups excluding carboxylic acids is 1. The van der Waals surface area contributed by atoms with Gasteiger partial charge < -0.3 is 0 Å². The van der Waals surface area contributed by atoms with Crippen molar-refractivity contribution >= 4 is 22.2 Å². The van der Waals surface area contributed by atoms with Crippen LogP contribution < -0.4 is 0 Å². The van der Waals surface area contributed by atoms with Crippen molar-refractivity contribution in [1.82, 2.24) is 0 Å². The van der Waals surface area contributed by atoms with E-state index in [-0.39, 0.29) is 0 Å². The van der Waals surface area contributed by atoms with Gasteiger partial charge in [-0.3, -0.25) is 4.79 Å². The smallest absolute Gasteiger partial charge is 0.225 e. The molecule has 0 bridgehead atoms. The number of allylic oxidation sites excluding steroid dienone is 2. The first-order chi connectivity index (χ1) is 2.91. The molecule has 0 saturated heterocycles. The summed E-state index contributed by atoms with van der Waals surface area (Å²) in [6.07, 6.45) is 4.61. The fourth-order valence-corrected chi connectivity index (χ4v) is 0.280. The van der Waals surface area contributed by atoms with E-state index in [2.05, 4.69) is 15.9 Å². The van der Waals surface area contributed by atoms with Gasteiger partial charge >= 0.3 is 0 Å². The van der Waals surface area contributed by atoms with Crippen LogP contribution in [0.5, 0.6) is 0 Å². The van der Waals surface area contributed by atoms with Crippen LogP contribution in [0.2, 0.25) is 0 Å². The Morgan fingerprint density at radius 3 is 2.67 bits per heavy atom. The third-order valence-corrected chi connectivity index (χ3v) is 0.649. The lowest BCUT2D eigenvalue weighted by atomic mass is 10.6. The maximum atomic E-state index is 9.33. The van der Waals surface area contributed by atoms with E-state index in [9.17, 15) is 4.79 Å². The summed E-state index contributed by atoms with van der Waals surface area (Å²) in [6, 6.07) is 0. The first-order valence-corrected chi connectivity index (χ1v) is 2.62. The van der Waals surface area contributed by atoms with Crippen molar-refractivity contribution in [3.8, 4) is 0 Å². The quantitative estimate of drug-likeness (QED) is 0.422. The van der Waals surface area contributed by atoms with E-state index >= 15 is 0 Å². The van der Waals surface area contributed by atoms with Gasteiger partial charge in [-0.25, -0.2) is 0 Å². The summed E-state index contributed by atoms with van der Waals surface area (Å²) >= 11 is 3.08. The fourth-order valence-electron chi connectivity index (χ4n) is 0.0927. The Kier molecular flexibility index (Phi) is 4.80. The zero-order chi connectivity index (χ0) is 4.83. The Morgan fingerprint density at radius 2 is 2.50 bits per heavy atom. The van der Waals surface area contributed by atoms with E-state index in [1.807, 2.05) is 0 Å². The fraction of sp³-hybridized carbons (Fsp3) is 0.250. The van der Waals surface area contributed by atoms with Gasteiger partial charge in [-0.2, -0.15) is 0 Å². The van der Waals surface area contributed by atoms with Gasteiger partial charge in [-0.05, 0) is 6.08 Å². The van der Waals surface area contributed by atoms with Crippen molar-refractivity contribution in [3.63, 3.8) is 0 Å². The minimum absolute atomic E-state index is 0.724. The van der Waals surface area contributed by atoms with E-state index in [0.717, 1.165) is 5.33 Å². The summed E-state index contributed by atoms with van der Waals surface area (Å²) in [5.41, 5.74) is 0. The highest BCUT2D eigenvalue weighted by Gasteiger charge is 1.61. The minimum atomic E-state index is 0.724. The average molecular weight is 148 g/mol. The van der Waals surface area contributed by atoms with Crippen LogP contribution in [0.25, 0.3) is 0 Å². The van der Waals surface area contributed by atoms with Crippen LogP contribution in [0.4, 0.5) is 0 Å². The zero-order valence-corrected chi connectivity index (χ0v) is 4.73. The summed E-state index contributed by atoms with van der Waals surface area (Å²) in [4.78, 5) is 9.33. The van der Waals surface area contributed by atoms with Crippen molar-refractivity contribution < 1.29 is 4.79 Å². The third-order valence-electron chi connectivity index (χ3n) is 0.275. The van der Waals surface area contributed by atoms with Gasteiger partial charge in [0, 0.05) is 5.33 Å². The number of halogens is 1. The molecule has 0 rings (SSSR count). The molecular formula is C4H4BrO. The summed E-state index contributed by atoms with van der Waals surface area (Å²) < 4.78 is 0. The maximum absolute atomic E-state index is 9.33. The van der Waals surface area contributed by atoms with Crippen LogP contribution in [0.1, 0.15) is 0 Å². The Balaban J connectivity index is 2.94. The predicted molar refractivity (Wildman–Crippen MR) is 28.6 cm³/mol. The highest BCUT2D eigenvalue weighted by Crippen LogP contribution is 1.77. The van der Waals surface area contributed by atoms with Crippen LogP contribution in [-0.2, 0) is 4.79 Å². The van der Waals surface area contributed by atoms with E-state index in [1.54, 1.807) is 12.4 Å². The van der Waals surface area contributed by atoms with Gasteiger partial charge in [-0.15, -0.1) is 0 Å². The minimum Gasteiger partial charge on any atom is -0.286 e. The van der Waals surface area contributed by atoms with Crippen LogP contribution in [-0.4, -0.2) is 11.6 Å². The molecule has 0 unspecified atom stereocenters. The van der Waals surface area contributed by atoms with Crippen LogP contribution >= 0.6 is 15.9 Å². The Labute approximate surface area is 45.2 Å². The van der Waals surface area contributed by atoms with Crippen LogP contribution in [0.15, 0.2) is 12.2 Å². The third kappa shape index (κ3) is 3.89. The maximum Gasteiger partial charge on any atom is 0.225 e. The molecule has 0 aromatic heterocycles. The van der Waals surface area contributed by atoms with Crippen molar-refractivity contribution in [1.29, 1.82) is 0 Å². The second kappa shape index (κ2) is 4.89. The molecule has 0 aliphatic heterocycles. The van der Waals surface area contributed by atoms with Crippen molar-refractivity contribution in [3.05, 3.63) is 12.2 Å². The molecule has 0 atom stereocenters. The van der Waals surface area contributed by atoms with Gasteiger partial charge in [0.15, 0.2) is 0 Å².